The second-order valence-electron chi connectivity index (χ2n) is 7.13. The van der Waals surface area contributed by atoms with Crippen LogP contribution in [0.4, 0.5) is 4.39 Å². The first-order chi connectivity index (χ1) is 15.1. The van der Waals surface area contributed by atoms with Crippen molar-refractivity contribution in [1.82, 2.24) is 10.3 Å². The summed E-state index contributed by atoms with van der Waals surface area (Å²) in [6.45, 7) is 1.97. The van der Waals surface area contributed by atoms with E-state index in [1.807, 2.05) is 18.2 Å². The van der Waals surface area contributed by atoms with Gasteiger partial charge < -0.3 is 20.9 Å². The van der Waals surface area contributed by atoms with Gasteiger partial charge in [-0.05, 0) is 67.2 Å². The lowest BCUT2D eigenvalue weighted by atomic mass is 10.0. The molecular formula is C24H26FN3O3. The fraction of sp³-hybridized carbons (Fsp3) is 0.250. The van der Waals surface area contributed by atoms with Gasteiger partial charge in [-0.1, -0.05) is 36.4 Å². The molecule has 6 nitrogen and oxygen atoms in total. The van der Waals surface area contributed by atoms with E-state index >= 15 is 0 Å². The molecular weight excluding hydrogens is 397 g/mol. The minimum absolute atomic E-state index is 0.0333. The van der Waals surface area contributed by atoms with Crippen LogP contribution in [0.1, 0.15) is 28.8 Å². The maximum atomic E-state index is 13.4. The van der Waals surface area contributed by atoms with Crippen molar-refractivity contribution in [3.05, 3.63) is 77.7 Å². The number of nitrogens with one attached hydrogen (secondary N) is 1. The minimum Gasteiger partial charge on any atom is -0.438 e. The Morgan fingerprint density at radius 1 is 1.06 bits per heavy atom. The Labute approximate surface area is 180 Å². The lowest BCUT2D eigenvalue weighted by Gasteiger charge is -2.10. The molecule has 0 atom stereocenters. The Bertz CT molecular complexity index is 1010. The molecule has 0 bridgehead atoms. The number of hydrogen-bond acceptors (Lipinski definition) is 5. The summed E-state index contributed by atoms with van der Waals surface area (Å²) in [5.41, 5.74) is 8.41. The van der Waals surface area contributed by atoms with Gasteiger partial charge in [-0.3, -0.25) is 4.79 Å². The molecule has 162 valence electrons. The predicted molar refractivity (Wildman–Crippen MR) is 118 cm³/mol. The van der Waals surface area contributed by atoms with Crippen molar-refractivity contribution in [2.45, 2.75) is 19.3 Å². The summed E-state index contributed by atoms with van der Waals surface area (Å²) in [4.78, 5) is 15.4. The molecule has 0 aliphatic carbocycles. The number of hydrogen-bond donors (Lipinski definition) is 3. The van der Waals surface area contributed by atoms with E-state index in [9.17, 15) is 9.18 Å². The molecule has 0 fully saturated rings. The second-order valence-corrected chi connectivity index (χ2v) is 7.13. The van der Waals surface area contributed by atoms with Gasteiger partial charge in [0, 0.05) is 6.61 Å². The normalized spacial score (nSPS) is 10.8. The van der Waals surface area contributed by atoms with E-state index in [0.717, 1.165) is 55.7 Å². The van der Waals surface area contributed by atoms with E-state index in [-0.39, 0.29) is 18.1 Å². The zero-order valence-corrected chi connectivity index (χ0v) is 17.2. The van der Waals surface area contributed by atoms with Gasteiger partial charge in [0.1, 0.15) is 17.1 Å². The lowest BCUT2D eigenvalue weighted by molar-refractivity contribution is 0.0997. The number of aromatic nitrogens is 1. The number of amides is 1. The molecule has 1 amide bonds. The third kappa shape index (κ3) is 6.60. The molecule has 0 aliphatic heterocycles. The van der Waals surface area contributed by atoms with Crippen LogP contribution in [-0.4, -0.2) is 35.7 Å². The van der Waals surface area contributed by atoms with E-state index in [4.69, 9.17) is 15.6 Å². The molecule has 31 heavy (non-hydrogen) atoms. The molecule has 3 aromatic rings. The molecule has 0 saturated heterocycles. The molecule has 4 N–H and O–H groups in total. The fourth-order valence-corrected chi connectivity index (χ4v) is 3.15. The molecule has 3 rings (SSSR count). The number of benzene rings is 2. The molecule has 2 aromatic carbocycles. The monoisotopic (exact) mass is 423 g/mol. The highest BCUT2D eigenvalue weighted by molar-refractivity contribution is 5.95. The summed E-state index contributed by atoms with van der Waals surface area (Å²) in [5, 5.41) is 12.1. The Morgan fingerprint density at radius 3 is 2.58 bits per heavy atom. The van der Waals surface area contributed by atoms with Crippen molar-refractivity contribution in [3.8, 4) is 22.8 Å². The summed E-state index contributed by atoms with van der Waals surface area (Å²) in [7, 11) is 0. The van der Waals surface area contributed by atoms with Crippen LogP contribution in [0.25, 0.3) is 11.1 Å². The van der Waals surface area contributed by atoms with Crippen LogP contribution in [0.2, 0.25) is 0 Å². The van der Waals surface area contributed by atoms with Gasteiger partial charge in [-0.2, -0.15) is 0 Å². The van der Waals surface area contributed by atoms with E-state index in [0.29, 0.717) is 5.75 Å². The SMILES string of the molecule is NC(=O)c1cc(F)cnc1Oc1cccc(-c2ccc(CCCNCCCO)cc2)c1. The van der Waals surface area contributed by atoms with Crippen LogP contribution in [0.3, 0.4) is 0 Å². The molecule has 0 aliphatic rings. The van der Waals surface area contributed by atoms with E-state index in [1.165, 1.54) is 5.56 Å². The number of halogens is 1. The summed E-state index contributed by atoms with van der Waals surface area (Å²) in [6.07, 6.45) is 3.76. The molecule has 1 aromatic heterocycles. The van der Waals surface area contributed by atoms with Crippen molar-refractivity contribution in [2.75, 3.05) is 19.7 Å². The van der Waals surface area contributed by atoms with E-state index < -0.39 is 11.7 Å². The highest BCUT2D eigenvalue weighted by Gasteiger charge is 2.14. The van der Waals surface area contributed by atoms with Gasteiger partial charge in [0.05, 0.1) is 6.20 Å². The smallest absolute Gasteiger partial charge is 0.254 e. The van der Waals surface area contributed by atoms with Gasteiger partial charge in [0.2, 0.25) is 5.88 Å². The van der Waals surface area contributed by atoms with Gasteiger partial charge >= 0.3 is 0 Å². The number of aliphatic hydroxyl groups is 1. The van der Waals surface area contributed by atoms with Crippen LogP contribution in [0, 0.1) is 5.82 Å². The fourth-order valence-electron chi connectivity index (χ4n) is 3.15. The van der Waals surface area contributed by atoms with Crippen molar-refractivity contribution < 1.29 is 19.0 Å². The largest absolute Gasteiger partial charge is 0.438 e. The summed E-state index contributed by atoms with van der Waals surface area (Å²) in [6, 6.07) is 16.7. The topological polar surface area (TPSA) is 97.5 Å². The highest BCUT2D eigenvalue weighted by Crippen LogP contribution is 2.28. The molecule has 0 radical (unpaired) electrons. The Morgan fingerprint density at radius 2 is 1.84 bits per heavy atom. The Kier molecular flexibility index (Phi) is 8.09. The summed E-state index contributed by atoms with van der Waals surface area (Å²) in [5.74, 6) is -1.03. The van der Waals surface area contributed by atoms with Crippen molar-refractivity contribution in [3.63, 3.8) is 0 Å². The number of ether oxygens (including phenoxy) is 1. The first kappa shape index (κ1) is 22.4. The van der Waals surface area contributed by atoms with Crippen LogP contribution >= 0.6 is 0 Å². The number of rotatable bonds is 11. The number of carbonyl (C=O) groups excluding carboxylic acids is 1. The average Bonchev–Trinajstić information content (AvgIpc) is 2.78. The number of nitrogens with zero attached hydrogens (tertiary/aromatic N) is 1. The van der Waals surface area contributed by atoms with Crippen molar-refractivity contribution in [1.29, 1.82) is 0 Å². The standard InChI is InChI=1S/C24H26FN3O3/c25-20-15-22(23(26)30)24(28-16-20)31-21-6-1-5-19(14-21)18-9-7-17(8-10-18)4-2-11-27-12-3-13-29/h1,5-10,14-16,27,29H,2-4,11-13H2,(H2,26,30). The lowest BCUT2D eigenvalue weighted by Crippen LogP contribution is -2.18. The van der Waals surface area contributed by atoms with Crippen LogP contribution in [-0.2, 0) is 6.42 Å². The zero-order valence-electron chi connectivity index (χ0n) is 17.2. The quantitative estimate of drug-likeness (QED) is 0.409. The van der Waals surface area contributed by atoms with Crippen LogP contribution in [0.15, 0.2) is 60.8 Å². The molecule has 0 unspecified atom stereocenters. The van der Waals surface area contributed by atoms with Crippen LogP contribution in [0.5, 0.6) is 11.6 Å². The number of aliphatic hydroxyl groups excluding tert-OH is 1. The number of aryl methyl sites for hydroxylation is 1. The Hall–Kier alpha value is -3.29. The summed E-state index contributed by atoms with van der Waals surface area (Å²) >= 11 is 0. The van der Waals surface area contributed by atoms with Gasteiger partial charge in [-0.25, -0.2) is 9.37 Å². The average molecular weight is 423 g/mol. The minimum atomic E-state index is -0.808. The number of nitrogens with two attached hydrogens (primary N) is 1. The van der Waals surface area contributed by atoms with Gasteiger partial charge in [-0.15, -0.1) is 0 Å². The molecule has 7 heteroatoms. The highest BCUT2D eigenvalue weighted by atomic mass is 19.1. The van der Waals surface area contributed by atoms with Gasteiger partial charge in [0.25, 0.3) is 5.91 Å². The first-order valence-electron chi connectivity index (χ1n) is 10.2. The predicted octanol–water partition coefficient (Wildman–Crippen LogP) is 3.68. The van der Waals surface area contributed by atoms with E-state index in [1.54, 1.807) is 6.07 Å². The maximum Gasteiger partial charge on any atom is 0.254 e. The molecule has 0 saturated carbocycles. The first-order valence-corrected chi connectivity index (χ1v) is 10.2. The Balaban J connectivity index is 1.65. The van der Waals surface area contributed by atoms with E-state index in [2.05, 4.69) is 34.6 Å². The third-order valence-electron chi connectivity index (χ3n) is 4.75. The second kappa shape index (κ2) is 11.2. The number of pyridine rings is 1. The number of carbonyl (C=O) groups is 1. The summed E-state index contributed by atoms with van der Waals surface area (Å²) < 4.78 is 19.1. The van der Waals surface area contributed by atoms with Crippen molar-refractivity contribution >= 4 is 5.91 Å². The molecule has 1 heterocycles. The zero-order chi connectivity index (χ0) is 22.1. The third-order valence-corrected chi connectivity index (χ3v) is 4.75. The van der Waals surface area contributed by atoms with Gasteiger partial charge in [0.15, 0.2) is 0 Å². The number of primary amides is 1. The van der Waals surface area contributed by atoms with Crippen molar-refractivity contribution in [2.24, 2.45) is 5.73 Å². The maximum absolute atomic E-state index is 13.4. The molecule has 0 spiro atoms. The van der Waals surface area contributed by atoms with Crippen LogP contribution < -0.4 is 15.8 Å².